The van der Waals surface area contributed by atoms with E-state index in [4.69, 9.17) is 0 Å². The van der Waals surface area contributed by atoms with Crippen molar-refractivity contribution in [2.45, 2.75) is 39.7 Å². The van der Waals surface area contributed by atoms with Gasteiger partial charge in [-0.25, -0.2) is 0 Å². The van der Waals surface area contributed by atoms with Crippen LogP contribution in [0.1, 0.15) is 44.0 Å². The molecule has 0 N–H and O–H groups in total. The SMILES string of the molecule is CC(CN1CCCC(C)C1C)C(=O)c1ccccc1. The zero-order valence-corrected chi connectivity index (χ0v) is 12.3. The quantitative estimate of drug-likeness (QED) is 0.770. The van der Waals surface area contributed by atoms with E-state index in [1.54, 1.807) is 0 Å². The summed E-state index contributed by atoms with van der Waals surface area (Å²) in [5.74, 6) is 1.09. The van der Waals surface area contributed by atoms with Gasteiger partial charge in [-0.2, -0.15) is 0 Å². The molecule has 19 heavy (non-hydrogen) atoms. The van der Waals surface area contributed by atoms with Gasteiger partial charge in [0.15, 0.2) is 5.78 Å². The third-order valence-corrected chi connectivity index (χ3v) is 4.52. The first-order valence-corrected chi connectivity index (χ1v) is 7.43. The second-order valence-corrected chi connectivity index (χ2v) is 5.99. The van der Waals surface area contributed by atoms with Crippen LogP contribution in [0.15, 0.2) is 30.3 Å². The maximum Gasteiger partial charge on any atom is 0.166 e. The van der Waals surface area contributed by atoms with Crippen molar-refractivity contribution in [2.24, 2.45) is 11.8 Å². The normalized spacial score (nSPS) is 26.1. The van der Waals surface area contributed by atoms with Crippen LogP contribution in [0.25, 0.3) is 0 Å². The Morgan fingerprint density at radius 1 is 1.32 bits per heavy atom. The Labute approximate surface area is 116 Å². The van der Waals surface area contributed by atoms with Crippen LogP contribution in [-0.2, 0) is 0 Å². The van der Waals surface area contributed by atoms with E-state index in [0.29, 0.717) is 6.04 Å². The zero-order valence-electron chi connectivity index (χ0n) is 12.3. The molecule has 0 spiro atoms. The Bertz CT molecular complexity index is 415. The molecule has 0 saturated carbocycles. The van der Waals surface area contributed by atoms with Crippen LogP contribution in [0.3, 0.4) is 0 Å². The lowest BCUT2D eigenvalue weighted by atomic mass is 9.90. The Balaban J connectivity index is 1.97. The van der Waals surface area contributed by atoms with E-state index in [0.717, 1.165) is 24.6 Å². The van der Waals surface area contributed by atoms with Gasteiger partial charge in [-0.05, 0) is 32.2 Å². The van der Waals surface area contributed by atoms with Crippen molar-refractivity contribution in [3.05, 3.63) is 35.9 Å². The number of Topliss-reactive ketones (excluding diaryl/α,β-unsaturated/α-hetero) is 1. The fraction of sp³-hybridized carbons (Fsp3) is 0.588. The Morgan fingerprint density at radius 2 is 2.00 bits per heavy atom. The van der Waals surface area contributed by atoms with Crippen molar-refractivity contribution < 1.29 is 4.79 Å². The molecule has 2 heteroatoms. The van der Waals surface area contributed by atoms with E-state index in [-0.39, 0.29) is 11.7 Å². The van der Waals surface area contributed by atoms with Gasteiger partial charge in [0.25, 0.3) is 0 Å². The molecule has 0 aromatic heterocycles. The second-order valence-electron chi connectivity index (χ2n) is 5.99. The number of likely N-dealkylation sites (tertiary alicyclic amines) is 1. The first kappa shape index (κ1) is 14.3. The summed E-state index contributed by atoms with van der Waals surface area (Å²) in [6, 6.07) is 10.3. The highest BCUT2D eigenvalue weighted by Gasteiger charge is 2.27. The van der Waals surface area contributed by atoms with Crippen molar-refractivity contribution in [3.63, 3.8) is 0 Å². The lowest BCUT2D eigenvalue weighted by Gasteiger charge is -2.39. The molecule has 1 heterocycles. The third kappa shape index (κ3) is 3.44. The van der Waals surface area contributed by atoms with Crippen LogP contribution in [0, 0.1) is 11.8 Å². The molecular weight excluding hydrogens is 234 g/mol. The number of hydrogen-bond acceptors (Lipinski definition) is 2. The predicted molar refractivity (Wildman–Crippen MR) is 79.4 cm³/mol. The van der Waals surface area contributed by atoms with Crippen molar-refractivity contribution in [1.82, 2.24) is 4.90 Å². The number of carbonyl (C=O) groups is 1. The first-order valence-electron chi connectivity index (χ1n) is 7.43. The molecule has 1 aliphatic heterocycles. The molecule has 1 fully saturated rings. The standard InChI is InChI=1S/C17H25NO/c1-13-8-7-11-18(15(13)3)12-14(2)17(19)16-9-5-4-6-10-16/h4-6,9-10,13-15H,7-8,11-12H2,1-3H3. The largest absolute Gasteiger partial charge is 0.300 e. The van der Waals surface area contributed by atoms with Crippen LogP contribution in [0.5, 0.6) is 0 Å². The molecule has 3 unspecified atom stereocenters. The molecule has 2 rings (SSSR count). The molecule has 2 nitrogen and oxygen atoms in total. The molecule has 1 aromatic carbocycles. The van der Waals surface area contributed by atoms with E-state index >= 15 is 0 Å². The number of hydrogen-bond donors (Lipinski definition) is 0. The monoisotopic (exact) mass is 259 g/mol. The summed E-state index contributed by atoms with van der Waals surface area (Å²) in [6.45, 7) is 8.70. The van der Waals surface area contributed by atoms with Crippen molar-refractivity contribution in [3.8, 4) is 0 Å². The molecule has 1 saturated heterocycles. The minimum absolute atomic E-state index is 0.0788. The van der Waals surface area contributed by atoms with E-state index in [2.05, 4.69) is 25.7 Å². The van der Waals surface area contributed by atoms with Gasteiger partial charge in [-0.1, -0.05) is 44.2 Å². The number of piperidine rings is 1. The molecule has 3 atom stereocenters. The van der Waals surface area contributed by atoms with Crippen LogP contribution < -0.4 is 0 Å². The first-order chi connectivity index (χ1) is 9.09. The molecule has 104 valence electrons. The average Bonchev–Trinajstić information content (AvgIpc) is 2.44. The molecular formula is C17H25NO. The lowest BCUT2D eigenvalue weighted by molar-refractivity contribution is 0.0757. The highest BCUT2D eigenvalue weighted by Crippen LogP contribution is 2.24. The Hall–Kier alpha value is -1.15. The van der Waals surface area contributed by atoms with Crippen LogP contribution in [0.2, 0.25) is 0 Å². The minimum atomic E-state index is 0.0788. The third-order valence-electron chi connectivity index (χ3n) is 4.52. The van der Waals surface area contributed by atoms with Crippen LogP contribution in [0.4, 0.5) is 0 Å². The van der Waals surface area contributed by atoms with Gasteiger partial charge in [0.2, 0.25) is 0 Å². The lowest BCUT2D eigenvalue weighted by Crippen LogP contribution is -2.45. The van der Waals surface area contributed by atoms with E-state index in [9.17, 15) is 4.79 Å². The topological polar surface area (TPSA) is 20.3 Å². The van der Waals surface area contributed by atoms with Gasteiger partial charge in [0.1, 0.15) is 0 Å². The molecule has 1 aromatic rings. The predicted octanol–water partition coefficient (Wildman–Crippen LogP) is 3.63. The van der Waals surface area contributed by atoms with Crippen LogP contribution in [-0.4, -0.2) is 29.8 Å². The van der Waals surface area contributed by atoms with Crippen molar-refractivity contribution in [2.75, 3.05) is 13.1 Å². The molecule has 1 aliphatic rings. The number of carbonyl (C=O) groups excluding carboxylic acids is 1. The summed E-state index contributed by atoms with van der Waals surface area (Å²) in [5, 5.41) is 0. The average molecular weight is 259 g/mol. The van der Waals surface area contributed by atoms with Gasteiger partial charge in [-0.15, -0.1) is 0 Å². The molecule has 0 aliphatic carbocycles. The smallest absolute Gasteiger partial charge is 0.166 e. The minimum Gasteiger partial charge on any atom is -0.300 e. The Morgan fingerprint density at radius 3 is 2.68 bits per heavy atom. The fourth-order valence-electron chi connectivity index (χ4n) is 3.00. The number of rotatable bonds is 4. The van der Waals surface area contributed by atoms with Gasteiger partial charge in [-0.3, -0.25) is 9.69 Å². The second kappa shape index (κ2) is 6.33. The van der Waals surface area contributed by atoms with Crippen LogP contribution >= 0.6 is 0 Å². The summed E-state index contributed by atoms with van der Waals surface area (Å²) < 4.78 is 0. The van der Waals surface area contributed by atoms with Gasteiger partial charge >= 0.3 is 0 Å². The van der Waals surface area contributed by atoms with E-state index < -0.39 is 0 Å². The fourth-order valence-corrected chi connectivity index (χ4v) is 3.00. The van der Waals surface area contributed by atoms with Gasteiger partial charge in [0.05, 0.1) is 0 Å². The highest BCUT2D eigenvalue weighted by molar-refractivity contribution is 5.97. The van der Waals surface area contributed by atoms with E-state index in [1.807, 2.05) is 30.3 Å². The van der Waals surface area contributed by atoms with E-state index in [1.165, 1.54) is 12.8 Å². The molecule has 0 bridgehead atoms. The number of benzene rings is 1. The number of nitrogens with zero attached hydrogens (tertiary/aromatic N) is 1. The van der Waals surface area contributed by atoms with Crippen molar-refractivity contribution >= 4 is 5.78 Å². The zero-order chi connectivity index (χ0) is 13.8. The molecule has 0 radical (unpaired) electrons. The van der Waals surface area contributed by atoms with Gasteiger partial charge < -0.3 is 0 Å². The summed E-state index contributed by atoms with van der Waals surface area (Å²) in [4.78, 5) is 14.9. The summed E-state index contributed by atoms with van der Waals surface area (Å²) >= 11 is 0. The molecule has 0 amide bonds. The highest BCUT2D eigenvalue weighted by atomic mass is 16.1. The Kier molecular flexibility index (Phi) is 4.76. The summed E-state index contributed by atoms with van der Waals surface area (Å²) in [7, 11) is 0. The number of ketones is 1. The summed E-state index contributed by atoms with van der Waals surface area (Å²) in [6.07, 6.45) is 2.58. The van der Waals surface area contributed by atoms with Crippen molar-refractivity contribution in [1.29, 1.82) is 0 Å². The maximum absolute atomic E-state index is 12.4. The summed E-state index contributed by atoms with van der Waals surface area (Å²) in [5.41, 5.74) is 0.840. The van der Waals surface area contributed by atoms with Gasteiger partial charge in [0, 0.05) is 24.1 Å². The maximum atomic E-state index is 12.4.